The lowest BCUT2D eigenvalue weighted by atomic mass is 10.1. The molecule has 0 bridgehead atoms. The van der Waals surface area contributed by atoms with Crippen LogP contribution in [0.25, 0.3) is 0 Å². The zero-order valence-electron chi connectivity index (χ0n) is 9.02. The first-order chi connectivity index (χ1) is 5.31. The van der Waals surface area contributed by atoms with Gasteiger partial charge in [0.2, 0.25) is 0 Å². The molecule has 0 aromatic rings. The van der Waals surface area contributed by atoms with E-state index >= 15 is 0 Å². The Morgan fingerprint density at radius 1 is 1.33 bits per heavy atom. The third-order valence-electron chi connectivity index (χ3n) is 1.46. The van der Waals surface area contributed by atoms with Crippen LogP contribution in [0.5, 0.6) is 0 Å². The van der Waals surface area contributed by atoms with Gasteiger partial charge in [0.15, 0.2) is 0 Å². The third-order valence-corrected chi connectivity index (χ3v) is 1.46. The van der Waals surface area contributed by atoms with Gasteiger partial charge in [-0.2, -0.15) is 0 Å². The van der Waals surface area contributed by atoms with Crippen molar-refractivity contribution in [1.82, 2.24) is 0 Å². The van der Waals surface area contributed by atoms with Crippen molar-refractivity contribution in [3.8, 4) is 0 Å². The fraction of sp³-hybridized carbons (Fsp3) is 0.900. The van der Waals surface area contributed by atoms with Gasteiger partial charge in [-0.1, -0.05) is 13.8 Å². The predicted molar refractivity (Wildman–Crippen MR) is 55.4 cm³/mol. The molecule has 0 radical (unpaired) electrons. The summed E-state index contributed by atoms with van der Waals surface area (Å²) >= 11 is 0. The highest BCUT2D eigenvalue weighted by molar-refractivity contribution is 5.80. The molecule has 0 fully saturated rings. The second-order valence-electron chi connectivity index (χ2n) is 4.71. The molecule has 0 aliphatic heterocycles. The van der Waals surface area contributed by atoms with Crippen molar-refractivity contribution in [2.45, 2.75) is 53.0 Å². The maximum absolute atomic E-state index is 5.76. The molecule has 0 amide bonds. The van der Waals surface area contributed by atoms with Crippen LogP contribution in [0.1, 0.15) is 47.5 Å². The Morgan fingerprint density at radius 2 is 1.83 bits per heavy atom. The molecule has 0 aliphatic carbocycles. The minimum absolute atomic E-state index is 0.0267. The molecule has 0 unspecified atom stereocenters. The highest BCUT2D eigenvalue weighted by Crippen LogP contribution is 2.09. The summed E-state index contributed by atoms with van der Waals surface area (Å²) in [6.07, 6.45) is 2.06. The van der Waals surface area contributed by atoms with Gasteiger partial charge in [0.05, 0.1) is 11.4 Å². The highest BCUT2D eigenvalue weighted by Gasteiger charge is 2.07. The lowest BCUT2D eigenvalue weighted by Crippen LogP contribution is -2.20. The Hall–Kier alpha value is -0.530. The molecule has 0 saturated carbocycles. The summed E-state index contributed by atoms with van der Waals surface area (Å²) < 4.78 is 0. The van der Waals surface area contributed by atoms with Gasteiger partial charge in [-0.05, 0) is 33.1 Å². The van der Waals surface area contributed by atoms with Crippen molar-refractivity contribution in [2.75, 3.05) is 0 Å². The summed E-state index contributed by atoms with van der Waals surface area (Å²) in [6.45, 7) is 10.6. The van der Waals surface area contributed by atoms with Gasteiger partial charge in [0, 0.05) is 6.42 Å². The molecule has 12 heavy (non-hydrogen) atoms. The Balaban J connectivity index is 3.87. The minimum Gasteiger partial charge on any atom is -0.387 e. The van der Waals surface area contributed by atoms with Gasteiger partial charge in [-0.3, -0.25) is 4.99 Å². The summed E-state index contributed by atoms with van der Waals surface area (Å²) in [5.41, 5.74) is 5.73. The fourth-order valence-electron chi connectivity index (χ4n) is 0.923. The molecule has 0 atom stereocenters. The smallest absolute Gasteiger partial charge is 0.0943 e. The van der Waals surface area contributed by atoms with E-state index in [-0.39, 0.29) is 5.54 Å². The second kappa shape index (κ2) is 4.48. The number of hydrogen-bond donors (Lipinski definition) is 1. The van der Waals surface area contributed by atoms with Crippen molar-refractivity contribution < 1.29 is 0 Å². The predicted octanol–water partition coefficient (Wildman–Crippen LogP) is 2.58. The van der Waals surface area contributed by atoms with Crippen LogP contribution in [0.15, 0.2) is 4.99 Å². The second-order valence-corrected chi connectivity index (χ2v) is 4.71. The summed E-state index contributed by atoms with van der Waals surface area (Å²) in [5, 5.41) is 0. The van der Waals surface area contributed by atoms with E-state index < -0.39 is 0 Å². The van der Waals surface area contributed by atoms with Gasteiger partial charge in [-0.25, -0.2) is 0 Å². The molecule has 2 nitrogen and oxygen atoms in total. The van der Waals surface area contributed by atoms with Crippen LogP contribution in [0.4, 0.5) is 0 Å². The largest absolute Gasteiger partial charge is 0.387 e. The lowest BCUT2D eigenvalue weighted by Gasteiger charge is -2.14. The van der Waals surface area contributed by atoms with Gasteiger partial charge >= 0.3 is 0 Å². The third kappa shape index (κ3) is 7.58. The first-order valence-electron chi connectivity index (χ1n) is 4.65. The average Bonchev–Trinajstić information content (AvgIpc) is 1.79. The summed E-state index contributed by atoms with van der Waals surface area (Å²) in [5.74, 6) is 1.50. The zero-order valence-corrected chi connectivity index (χ0v) is 9.02. The first-order valence-corrected chi connectivity index (χ1v) is 4.65. The standard InChI is InChI=1S/C10H22N2/c1-8(2)6-7-9(11)12-10(3,4)5/h8H,6-7H2,1-5H3,(H2,11,12). The van der Waals surface area contributed by atoms with Crippen molar-refractivity contribution in [2.24, 2.45) is 16.6 Å². The fourth-order valence-corrected chi connectivity index (χ4v) is 0.923. The number of hydrogen-bond acceptors (Lipinski definition) is 1. The summed E-state index contributed by atoms with van der Waals surface area (Å²) in [4.78, 5) is 4.38. The molecule has 0 aromatic heterocycles. The highest BCUT2D eigenvalue weighted by atomic mass is 14.9. The summed E-state index contributed by atoms with van der Waals surface area (Å²) in [7, 11) is 0. The monoisotopic (exact) mass is 170 g/mol. The normalized spacial score (nSPS) is 14.0. The maximum Gasteiger partial charge on any atom is 0.0943 e. The van der Waals surface area contributed by atoms with Crippen LogP contribution >= 0.6 is 0 Å². The zero-order chi connectivity index (χ0) is 9.78. The van der Waals surface area contributed by atoms with E-state index in [4.69, 9.17) is 5.73 Å². The summed E-state index contributed by atoms with van der Waals surface area (Å²) in [6, 6.07) is 0. The average molecular weight is 170 g/mol. The molecule has 2 heteroatoms. The number of nitrogens with zero attached hydrogens (tertiary/aromatic N) is 1. The van der Waals surface area contributed by atoms with Gasteiger partial charge < -0.3 is 5.73 Å². The molecule has 0 rings (SSSR count). The molecule has 0 aromatic carbocycles. The quantitative estimate of drug-likeness (QED) is 0.513. The van der Waals surface area contributed by atoms with Crippen molar-refractivity contribution in [1.29, 1.82) is 0 Å². The molecule has 0 spiro atoms. The molecular weight excluding hydrogens is 148 g/mol. The number of nitrogens with two attached hydrogens (primary N) is 1. The number of rotatable bonds is 3. The first kappa shape index (κ1) is 11.5. The molecular formula is C10H22N2. The van der Waals surface area contributed by atoms with Gasteiger partial charge in [0.1, 0.15) is 0 Å². The van der Waals surface area contributed by atoms with Crippen LogP contribution in [0.3, 0.4) is 0 Å². The van der Waals surface area contributed by atoms with Crippen LogP contribution in [-0.4, -0.2) is 11.4 Å². The van der Waals surface area contributed by atoms with E-state index in [1.165, 1.54) is 0 Å². The molecule has 0 heterocycles. The number of aliphatic imine (C=N–C) groups is 1. The lowest BCUT2D eigenvalue weighted by molar-refractivity contribution is 0.568. The van der Waals surface area contributed by atoms with Crippen LogP contribution < -0.4 is 5.73 Å². The van der Waals surface area contributed by atoms with E-state index in [1.54, 1.807) is 0 Å². The van der Waals surface area contributed by atoms with Crippen LogP contribution in [0.2, 0.25) is 0 Å². The van der Waals surface area contributed by atoms with E-state index in [0.29, 0.717) is 5.92 Å². The maximum atomic E-state index is 5.76. The minimum atomic E-state index is -0.0267. The van der Waals surface area contributed by atoms with Crippen molar-refractivity contribution in [3.05, 3.63) is 0 Å². The van der Waals surface area contributed by atoms with E-state index in [0.717, 1.165) is 18.7 Å². The Kier molecular flexibility index (Phi) is 4.29. The topological polar surface area (TPSA) is 38.4 Å². The van der Waals surface area contributed by atoms with Gasteiger partial charge in [0.25, 0.3) is 0 Å². The van der Waals surface area contributed by atoms with Crippen molar-refractivity contribution >= 4 is 5.84 Å². The Bertz CT molecular complexity index is 152. The SMILES string of the molecule is CC(C)CCC(N)=NC(C)(C)C. The van der Waals surface area contributed by atoms with Crippen LogP contribution in [0, 0.1) is 5.92 Å². The van der Waals surface area contributed by atoms with E-state index in [2.05, 4.69) is 39.6 Å². The molecule has 0 aliphatic rings. The Morgan fingerprint density at radius 3 is 2.17 bits per heavy atom. The van der Waals surface area contributed by atoms with E-state index in [1.807, 2.05) is 0 Å². The van der Waals surface area contributed by atoms with Gasteiger partial charge in [-0.15, -0.1) is 0 Å². The van der Waals surface area contributed by atoms with Crippen LogP contribution in [-0.2, 0) is 0 Å². The molecule has 72 valence electrons. The Labute approximate surface area is 76.3 Å². The molecule has 2 N–H and O–H groups in total. The number of amidine groups is 1. The molecule has 0 saturated heterocycles. The van der Waals surface area contributed by atoms with E-state index in [9.17, 15) is 0 Å². The van der Waals surface area contributed by atoms with Crippen molar-refractivity contribution in [3.63, 3.8) is 0 Å².